The number of urea groups is 1. The summed E-state index contributed by atoms with van der Waals surface area (Å²) in [5, 5.41) is 5.67. The molecule has 0 spiro atoms. The number of nitrogens with one attached hydrogen (secondary N) is 2. The summed E-state index contributed by atoms with van der Waals surface area (Å²) < 4.78 is 0. The smallest absolute Gasteiger partial charge is 0.317 e. The van der Waals surface area contributed by atoms with Crippen LogP contribution in [0.1, 0.15) is 96.8 Å². The van der Waals surface area contributed by atoms with Gasteiger partial charge in [0, 0.05) is 32.6 Å². The van der Waals surface area contributed by atoms with Crippen molar-refractivity contribution in [1.82, 2.24) is 15.5 Å². The lowest BCUT2D eigenvalue weighted by molar-refractivity contribution is -0.121. The maximum absolute atomic E-state index is 11.8. The Morgan fingerprint density at radius 3 is 2.18 bits per heavy atom. The Balaban J connectivity index is 1.79. The Morgan fingerprint density at radius 1 is 0.964 bits per heavy atom. The number of hydrogen-bond acceptors (Lipinski definition) is 2. The van der Waals surface area contributed by atoms with E-state index >= 15 is 0 Å². The van der Waals surface area contributed by atoms with Gasteiger partial charge in [0.25, 0.3) is 0 Å². The van der Waals surface area contributed by atoms with Crippen molar-refractivity contribution in [3.63, 3.8) is 0 Å². The summed E-state index contributed by atoms with van der Waals surface area (Å²) in [5.41, 5.74) is 0. The Kier molecular flexibility index (Phi) is 15.4. The number of amides is 3. The van der Waals surface area contributed by atoms with Gasteiger partial charge in [-0.3, -0.25) is 4.79 Å². The molecule has 5 nitrogen and oxygen atoms in total. The molecule has 5 heteroatoms. The fraction of sp³-hybridized carbons (Fsp3) is 0.826. The predicted molar refractivity (Wildman–Crippen MR) is 117 cm³/mol. The van der Waals surface area contributed by atoms with Crippen LogP contribution in [0.2, 0.25) is 0 Å². The lowest BCUT2D eigenvalue weighted by atomic mass is 10.1. The molecule has 28 heavy (non-hydrogen) atoms. The van der Waals surface area contributed by atoms with E-state index in [0.29, 0.717) is 26.1 Å². The predicted octanol–water partition coefficient (Wildman–Crippen LogP) is 5.17. The van der Waals surface area contributed by atoms with E-state index in [1.807, 2.05) is 0 Å². The van der Waals surface area contributed by atoms with Gasteiger partial charge >= 0.3 is 6.03 Å². The SMILES string of the molecule is CCCCCCCCC=CCCCCCCCC(=O)NCCN1CCNC1=O. The van der Waals surface area contributed by atoms with Crippen LogP contribution in [0.25, 0.3) is 0 Å². The summed E-state index contributed by atoms with van der Waals surface area (Å²) in [7, 11) is 0. The Morgan fingerprint density at radius 2 is 1.57 bits per heavy atom. The second kappa shape index (κ2) is 17.6. The van der Waals surface area contributed by atoms with Crippen LogP contribution >= 0.6 is 0 Å². The van der Waals surface area contributed by atoms with Crippen LogP contribution < -0.4 is 10.6 Å². The largest absolute Gasteiger partial charge is 0.354 e. The Bertz CT molecular complexity index is 438. The highest BCUT2D eigenvalue weighted by Gasteiger charge is 2.18. The molecule has 2 N–H and O–H groups in total. The maximum Gasteiger partial charge on any atom is 0.317 e. The minimum Gasteiger partial charge on any atom is -0.354 e. The molecule has 0 aromatic heterocycles. The number of rotatable bonds is 18. The van der Waals surface area contributed by atoms with Crippen LogP contribution in [-0.4, -0.2) is 43.0 Å². The standard InChI is InChI=1S/C23H43N3O2/c1-2-3-4-5-6-7-8-9-10-11-12-13-14-15-16-17-22(27)24-18-20-26-21-19-25-23(26)28/h9-10H,2-8,11-21H2,1H3,(H,24,27)(H,25,28). The molecule has 0 atom stereocenters. The van der Waals surface area contributed by atoms with E-state index < -0.39 is 0 Å². The molecule has 1 saturated heterocycles. The lowest BCUT2D eigenvalue weighted by Crippen LogP contribution is -2.36. The topological polar surface area (TPSA) is 61.4 Å². The minimum atomic E-state index is -0.0218. The molecule has 0 aromatic rings. The average molecular weight is 394 g/mol. The fourth-order valence-electron chi connectivity index (χ4n) is 3.50. The quantitative estimate of drug-likeness (QED) is 0.249. The highest BCUT2D eigenvalue weighted by Crippen LogP contribution is 2.10. The summed E-state index contributed by atoms with van der Waals surface area (Å²) in [5.74, 6) is 0.109. The van der Waals surface area contributed by atoms with Crippen LogP contribution in [0.4, 0.5) is 4.79 Å². The van der Waals surface area contributed by atoms with E-state index in [1.165, 1.54) is 70.6 Å². The van der Waals surface area contributed by atoms with Crippen molar-refractivity contribution >= 4 is 11.9 Å². The first kappa shape index (κ1) is 24.5. The third-order valence-electron chi connectivity index (χ3n) is 5.31. The number of allylic oxidation sites excluding steroid dienone is 2. The molecule has 0 aliphatic carbocycles. The van der Waals surface area contributed by atoms with Crippen molar-refractivity contribution in [2.45, 2.75) is 96.8 Å². The van der Waals surface area contributed by atoms with E-state index in [9.17, 15) is 9.59 Å². The molecular formula is C23H43N3O2. The van der Waals surface area contributed by atoms with Gasteiger partial charge in [-0.1, -0.05) is 70.4 Å². The number of nitrogens with zero attached hydrogens (tertiary/aromatic N) is 1. The lowest BCUT2D eigenvalue weighted by Gasteiger charge is -2.14. The molecular weight excluding hydrogens is 350 g/mol. The van der Waals surface area contributed by atoms with Gasteiger partial charge in [0.2, 0.25) is 5.91 Å². The second-order valence-electron chi connectivity index (χ2n) is 7.90. The average Bonchev–Trinajstić information content (AvgIpc) is 3.10. The summed E-state index contributed by atoms with van der Waals surface area (Å²) in [6.07, 6.45) is 21.8. The van der Waals surface area contributed by atoms with Crippen LogP contribution in [-0.2, 0) is 4.79 Å². The van der Waals surface area contributed by atoms with Crippen LogP contribution in [0.3, 0.4) is 0 Å². The van der Waals surface area contributed by atoms with Gasteiger partial charge in [-0.15, -0.1) is 0 Å². The van der Waals surface area contributed by atoms with Crippen molar-refractivity contribution in [2.75, 3.05) is 26.2 Å². The molecule has 0 saturated carbocycles. The molecule has 0 bridgehead atoms. The van der Waals surface area contributed by atoms with E-state index in [2.05, 4.69) is 29.7 Å². The molecule has 162 valence electrons. The number of unbranched alkanes of at least 4 members (excludes halogenated alkanes) is 11. The first-order valence-electron chi connectivity index (χ1n) is 11.7. The van der Waals surface area contributed by atoms with Crippen molar-refractivity contribution in [3.05, 3.63) is 12.2 Å². The highest BCUT2D eigenvalue weighted by molar-refractivity contribution is 5.77. The van der Waals surface area contributed by atoms with Crippen LogP contribution in [0.5, 0.6) is 0 Å². The van der Waals surface area contributed by atoms with Gasteiger partial charge in [0.1, 0.15) is 0 Å². The van der Waals surface area contributed by atoms with Crippen LogP contribution in [0.15, 0.2) is 12.2 Å². The van der Waals surface area contributed by atoms with Crippen molar-refractivity contribution < 1.29 is 9.59 Å². The zero-order valence-corrected chi connectivity index (χ0v) is 18.1. The molecule has 0 radical (unpaired) electrons. The van der Waals surface area contributed by atoms with Gasteiger partial charge in [-0.05, 0) is 32.1 Å². The zero-order valence-electron chi connectivity index (χ0n) is 18.1. The van der Waals surface area contributed by atoms with Gasteiger partial charge in [0.15, 0.2) is 0 Å². The van der Waals surface area contributed by atoms with Crippen molar-refractivity contribution in [3.8, 4) is 0 Å². The fourth-order valence-corrected chi connectivity index (χ4v) is 3.50. The van der Waals surface area contributed by atoms with E-state index in [-0.39, 0.29) is 11.9 Å². The molecule has 1 fully saturated rings. The van der Waals surface area contributed by atoms with Crippen molar-refractivity contribution in [2.24, 2.45) is 0 Å². The van der Waals surface area contributed by atoms with Gasteiger partial charge < -0.3 is 15.5 Å². The van der Waals surface area contributed by atoms with Gasteiger partial charge in [-0.25, -0.2) is 4.79 Å². The number of carbonyl (C=O) groups is 2. The van der Waals surface area contributed by atoms with Crippen molar-refractivity contribution in [1.29, 1.82) is 0 Å². The summed E-state index contributed by atoms with van der Waals surface area (Å²) in [4.78, 5) is 24.9. The van der Waals surface area contributed by atoms with Gasteiger partial charge in [0.05, 0.1) is 0 Å². The molecule has 1 aliphatic heterocycles. The maximum atomic E-state index is 11.8. The van der Waals surface area contributed by atoms with E-state index in [0.717, 1.165) is 19.4 Å². The number of hydrogen-bond donors (Lipinski definition) is 2. The summed E-state index contributed by atoms with van der Waals surface area (Å²) >= 11 is 0. The molecule has 1 heterocycles. The Labute approximate surface area is 172 Å². The molecule has 1 rings (SSSR count). The first-order chi connectivity index (χ1) is 13.7. The monoisotopic (exact) mass is 393 g/mol. The van der Waals surface area contributed by atoms with Gasteiger partial charge in [-0.2, -0.15) is 0 Å². The molecule has 0 unspecified atom stereocenters. The third-order valence-corrected chi connectivity index (χ3v) is 5.31. The highest BCUT2D eigenvalue weighted by atomic mass is 16.2. The summed E-state index contributed by atoms with van der Waals surface area (Å²) in [6.45, 7) is 4.87. The van der Waals surface area contributed by atoms with E-state index in [1.54, 1.807) is 4.90 Å². The molecule has 3 amide bonds. The first-order valence-corrected chi connectivity index (χ1v) is 11.7. The number of carbonyl (C=O) groups excluding carboxylic acids is 2. The second-order valence-corrected chi connectivity index (χ2v) is 7.90. The zero-order chi connectivity index (χ0) is 20.3. The normalized spacial score (nSPS) is 14.0. The minimum absolute atomic E-state index is 0.0218. The van der Waals surface area contributed by atoms with Crippen LogP contribution in [0, 0.1) is 0 Å². The third kappa shape index (κ3) is 13.6. The molecule has 1 aliphatic rings. The van der Waals surface area contributed by atoms with E-state index in [4.69, 9.17) is 0 Å². The summed E-state index contributed by atoms with van der Waals surface area (Å²) in [6, 6.07) is -0.0218. The Hall–Kier alpha value is -1.52. The molecule has 0 aromatic carbocycles.